The van der Waals surface area contributed by atoms with Crippen molar-refractivity contribution < 1.29 is 13.5 Å². The third-order valence-electron chi connectivity index (χ3n) is 2.36. The van der Waals surface area contributed by atoms with Crippen molar-refractivity contribution in [3.63, 3.8) is 0 Å². The van der Waals surface area contributed by atoms with Crippen LogP contribution in [0.15, 0.2) is 28.3 Å². The summed E-state index contributed by atoms with van der Waals surface area (Å²) < 4.78 is 25.8. The van der Waals surface area contributed by atoms with Crippen molar-refractivity contribution >= 4 is 21.4 Å². The SMILES string of the molecule is C=CCCCN(C)S(=O)(=O)c1cc(CO)cs1. The maximum atomic E-state index is 12.1. The number of sulfonamides is 1. The summed E-state index contributed by atoms with van der Waals surface area (Å²) in [6.45, 7) is 3.94. The Labute approximate surface area is 106 Å². The van der Waals surface area contributed by atoms with Gasteiger partial charge in [0.1, 0.15) is 4.21 Å². The second-order valence-electron chi connectivity index (χ2n) is 3.69. The Morgan fingerprint density at radius 2 is 2.29 bits per heavy atom. The van der Waals surface area contributed by atoms with Crippen LogP contribution in [0.25, 0.3) is 0 Å². The summed E-state index contributed by atoms with van der Waals surface area (Å²) in [7, 11) is -1.84. The lowest BCUT2D eigenvalue weighted by atomic mass is 10.3. The number of allylic oxidation sites excluding steroid dienone is 1. The summed E-state index contributed by atoms with van der Waals surface area (Å²) in [5.74, 6) is 0. The van der Waals surface area contributed by atoms with E-state index in [1.165, 1.54) is 10.4 Å². The first-order chi connectivity index (χ1) is 8.02. The Morgan fingerprint density at radius 3 is 2.82 bits per heavy atom. The van der Waals surface area contributed by atoms with E-state index < -0.39 is 10.0 Å². The van der Waals surface area contributed by atoms with Crippen LogP contribution in [0.2, 0.25) is 0 Å². The van der Waals surface area contributed by atoms with E-state index >= 15 is 0 Å². The van der Waals surface area contributed by atoms with E-state index in [0.717, 1.165) is 24.2 Å². The highest BCUT2D eigenvalue weighted by molar-refractivity contribution is 7.91. The van der Waals surface area contributed by atoms with Gasteiger partial charge in [0.25, 0.3) is 10.0 Å². The van der Waals surface area contributed by atoms with Crippen LogP contribution < -0.4 is 0 Å². The fourth-order valence-corrected chi connectivity index (χ4v) is 3.92. The number of nitrogens with zero attached hydrogens (tertiary/aromatic N) is 1. The van der Waals surface area contributed by atoms with Gasteiger partial charge in [0, 0.05) is 13.6 Å². The van der Waals surface area contributed by atoms with Gasteiger partial charge in [-0.05, 0) is 29.9 Å². The van der Waals surface area contributed by atoms with Gasteiger partial charge in [-0.3, -0.25) is 0 Å². The molecule has 0 unspecified atom stereocenters. The second kappa shape index (κ2) is 6.30. The van der Waals surface area contributed by atoms with Gasteiger partial charge >= 0.3 is 0 Å². The lowest BCUT2D eigenvalue weighted by molar-refractivity contribution is 0.282. The van der Waals surface area contributed by atoms with Crippen LogP contribution in [0.3, 0.4) is 0 Å². The van der Waals surface area contributed by atoms with Crippen molar-refractivity contribution in [3.05, 3.63) is 29.7 Å². The van der Waals surface area contributed by atoms with Crippen LogP contribution in [-0.4, -0.2) is 31.4 Å². The standard InChI is InChI=1S/C11H17NO3S2/c1-3-4-5-6-12(2)17(14,15)11-7-10(8-13)9-16-11/h3,7,9,13H,1,4-6,8H2,2H3. The van der Waals surface area contributed by atoms with Crippen molar-refractivity contribution in [2.75, 3.05) is 13.6 Å². The summed E-state index contributed by atoms with van der Waals surface area (Å²) in [6.07, 6.45) is 3.33. The van der Waals surface area contributed by atoms with Crippen molar-refractivity contribution in [1.29, 1.82) is 0 Å². The van der Waals surface area contributed by atoms with Gasteiger partial charge in [0.05, 0.1) is 6.61 Å². The van der Waals surface area contributed by atoms with Crippen LogP contribution >= 0.6 is 11.3 Å². The fraction of sp³-hybridized carbons (Fsp3) is 0.455. The van der Waals surface area contributed by atoms with Crippen LogP contribution in [0, 0.1) is 0 Å². The number of aliphatic hydroxyl groups excluding tert-OH is 1. The van der Waals surface area contributed by atoms with E-state index in [9.17, 15) is 8.42 Å². The Hall–Kier alpha value is -0.690. The quantitative estimate of drug-likeness (QED) is 0.610. The molecule has 0 saturated carbocycles. The van der Waals surface area contributed by atoms with Gasteiger partial charge in [0.15, 0.2) is 0 Å². The van der Waals surface area contributed by atoms with E-state index in [-0.39, 0.29) is 10.8 Å². The van der Waals surface area contributed by atoms with Crippen molar-refractivity contribution in [2.24, 2.45) is 0 Å². The van der Waals surface area contributed by atoms with E-state index in [4.69, 9.17) is 5.11 Å². The van der Waals surface area contributed by atoms with E-state index in [0.29, 0.717) is 12.1 Å². The largest absolute Gasteiger partial charge is 0.392 e. The van der Waals surface area contributed by atoms with E-state index in [1.807, 2.05) is 0 Å². The minimum atomic E-state index is -3.40. The van der Waals surface area contributed by atoms with Crippen molar-refractivity contribution in [3.8, 4) is 0 Å². The third-order valence-corrected chi connectivity index (χ3v) is 5.68. The lowest BCUT2D eigenvalue weighted by Crippen LogP contribution is -2.27. The number of thiophene rings is 1. The highest BCUT2D eigenvalue weighted by atomic mass is 32.2. The van der Waals surface area contributed by atoms with E-state index in [1.54, 1.807) is 18.5 Å². The summed E-state index contributed by atoms with van der Waals surface area (Å²) >= 11 is 1.14. The average Bonchev–Trinajstić information content (AvgIpc) is 2.78. The summed E-state index contributed by atoms with van der Waals surface area (Å²) in [5.41, 5.74) is 0.632. The molecule has 17 heavy (non-hydrogen) atoms. The maximum Gasteiger partial charge on any atom is 0.252 e. The highest BCUT2D eigenvalue weighted by Gasteiger charge is 2.21. The van der Waals surface area contributed by atoms with Gasteiger partial charge in [-0.2, -0.15) is 0 Å². The lowest BCUT2D eigenvalue weighted by Gasteiger charge is -2.15. The molecule has 4 nitrogen and oxygen atoms in total. The van der Waals surface area contributed by atoms with Gasteiger partial charge < -0.3 is 5.11 Å². The molecule has 1 N–H and O–H groups in total. The van der Waals surface area contributed by atoms with Gasteiger partial charge in [-0.15, -0.1) is 17.9 Å². The Balaban J connectivity index is 2.76. The number of hydrogen-bond donors (Lipinski definition) is 1. The number of rotatable bonds is 7. The molecule has 0 aliphatic rings. The molecule has 96 valence electrons. The number of hydrogen-bond acceptors (Lipinski definition) is 4. The van der Waals surface area contributed by atoms with Crippen LogP contribution in [0.4, 0.5) is 0 Å². The molecule has 6 heteroatoms. The minimum Gasteiger partial charge on any atom is -0.392 e. The molecule has 0 bridgehead atoms. The van der Waals surface area contributed by atoms with Crippen molar-refractivity contribution in [2.45, 2.75) is 23.7 Å². The Bertz CT molecular complexity index is 465. The Morgan fingerprint density at radius 1 is 1.59 bits per heavy atom. The van der Waals surface area contributed by atoms with Crippen LogP contribution in [-0.2, 0) is 16.6 Å². The Kier molecular flexibility index (Phi) is 5.32. The predicted octanol–water partition coefficient (Wildman–Crippen LogP) is 1.83. The average molecular weight is 275 g/mol. The number of aliphatic hydroxyl groups is 1. The molecule has 0 spiro atoms. The maximum absolute atomic E-state index is 12.1. The molecule has 0 aliphatic heterocycles. The van der Waals surface area contributed by atoms with Gasteiger partial charge in [-0.1, -0.05) is 6.08 Å². The molecule has 0 atom stereocenters. The zero-order chi connectivity index (χ0) is 12.9. The van der Waals surface area contributed by atoms with Crippen molar-refractivity contribution in [1.82, 2.24) is 4.31 Å². The van der Waals surface area contributed by atoms with Gasteiger partial charge in [-0.25, -0.2) is 12.7 Å². The molecule has 0 saturated heterocycles. The topological polar surface area (TPSA) is 57.6 Å². The highest BCUT2D eigenvalue weighted by Crippen LogP contribution is 2.23. The monoisotopic (exact) mass is 275 g/mol. The molecule has 1 aromatic rings. The molecule has 0 aromatic carbocycles. The minimum absolute atomic E-state index is 0.133. The number of unbranched alkanes of at least 4 members (excludes halogenated alkanes) is 1. The van der Waals surface area contributed by atoms with Gasteiger partial charge in [0.2, 0.25) is 0 Å². The molecule has 1 aromatic heterocycles. The van der Waals surface area contributed by atoms with Crippen LogP contribution in [0.5, 0.6) is 0 Å². The summed E-state index contributed by atoms with van der Waals surface area (Å²) in [5, 5.41) is 10.6. The first-order valence-electron chi connectivity index (χ1n) is 5.28. The van der Waals surface area contributed by atoms with E-state index in [2.05, 4.69) is 6.58 Å². The molecule has 0 fully saturated rings. The predicted molar refractivity (Wildman–Crippen MR) is 69.5 cm³/mol. The van der Waals surface area contributed by atoms with Crippen LogP contribution in [0.1, 0.15) is 18.4 Å². The molecule has 0 amide bonds. The first kappa shape index (κ1) is 14.4. The molecular weight excluding hydrogens is 258 g/mol. The molecule has 0 aliphatic carbocycles. The summed E-state index contributed by atoms with van der Waals surface area (Å²) in [6, 6.07) is 1.52. The molecular formula is C11H17NO3S2. The third kappa shape index (κ3) is 3.64. The zero-order valence-corrected chi connectivity index (χ0v) is 11.4. The molecule has 1 rings (SSSR count). The zero-order valence-electron chi connectivity index (χ0n) is 9.80. The first-order valence-corrected chi connectivity index (χ1v) is 7.60. The fourth-order valence-electron chi connectivity index (χ4n) is 1.30. The normalized spacial score (nSPS) is 11.9. The molecule has 0 radical (unpaired) electrons. The second-order valence-corrected chi connectivity index (χ2v) is 6.87. The molecule has 1 heterocycles. The summed E-state index contributed by atoms with van der Waals surface area (Å²) in [4.78, 5) is 0. The smallest absolute Gasteiger partial charge is 0.252 e.